The van der Waals surface area contributed by atoms with Gasteiger partial charge in [0, 0.05) is 0 Å². The third-order valence-electron chi connectivity index (χ3n) is 6.21. The smallest absolute Gasteiger partial charge is 0.190 e. The SMILES string of the molecule is CCCCCCCCCCCCC1OC2OC(C)(C)OC2[C@@H]1OCc1ccccc1. The van der Waals surface area contributed by atoms with Crippen LogP contribution >= 0.6 is 0 Å². The first-order valence-corrected chi connectivity index (χ1v) is 12.3. The van der Waals surface area contributed by atoms with E-state index in [9.17, 15) is 0 Å². The van der Waals surface area contributed by atoms with Gasteiger partial charge in [-0.2, -0.15) is 0 Å². The molecule has 0 bridgehead atoms. The van der Waals surface area contributed by atoms with Crippen molar-refractivity contribution in [3.8, 4) is 0 Å². The van der Waals surface area contributed by atoms with Gasteiger partial charge in [0.25, 0.3) is 0 Å². The molecule has 0 saturated carbocycles. The molecule has 1 aromatic carbocycles. The Balaban J connectivity index is 1.38. The fourth-order valence-corrected chi connectivity index (χ4v) is 4.58. The lowest BCUT2D eigenvalue weighted by molar-refractivity contribution is -0.219. The van der Waals surface area contributed by atoms with Crippen molar-refractivity contribution in [2.45, 2.75) is 128 Å². The second-order valence-corrected chi connectivity index (χ2v) is 9.37. The molecule has 0 N–H and O–H groups in total. The van der Waals surface area contributed by atoms with Gasteiger partial charge < -0.3 is 18.9 Å². The average molecular weight is 419 g/mol. The summed E-state index contributed by atoms with van der Waals surface area (Å²) in [4.78, 5) is 0. The van der Waals surface area contributed by atoms with Crippen molar-refractivity contribution in [2.24, 2.45) is 0 Å². The highest BCUT2D eigenvalue weighted by Crippen LogP contribution is 2.40. The molecule has 4 nitrogen and oxygen atoms in total. The van der Waals surface area contributed by atoms with Crippen molar-refractivity contribution in [1.29, 1.82) is 0 Å². The lowest BCUT2D eigenvalue weighted by Gasteiger charge is -2.26. The van der Waals surface area contributed by atoms with Crippen molar-refractivity contribution < 1.29 is 18.9 Å². The number of fused-ring (bicyclic) bond motifs is 1. The van der Waals surface area contributed by atoms with Crippen LogP contribution in [0.4, 0.5) is 0 Å². The molecule has 2 aliphatic heterocycles. The molecule has 2 aliphatic rings. The second-order valence-electron chi connectivity index (χ2n) is 9.37. The van der Waals surface area contributed by atoms with Gasteiger partial charge in [0.15, 0.2) is 12.1 Å². The van der Waals surface area contributed by atoms with Gasteiger partial charge in [0.1, 0.15) is 12.2 Å². The maximum atomic E-state index is 6.32. The quantitative estimate of drug-likeness (QED) is 0.313. The van der Waals surface area contributed by atoms with Crippen molar-refractivity contribution in [1.82, 2.24) is 0 Å². The molecule has 2 saturated heterocycles. The minimum atomic E-state index is -0.605. The molecule has 0 spiro atoms. The van der Waals surface area contributed by atoms with Crippen LogP contribution in [0.15, 0.2) is 30.3 Å². The van der Waals surface area contributed by atoms with Crippen LogP contribution in [0.2, 0.25) is 0 Å². The van der Waals surface area contributed by atoms with E-state index in [1.807, 2.05) is 32.0 Å². The highest BCUT2D eigenvalue weighted by Gasteiger charge is 2.55. The van der Waals surface area contributed by atoms with Crippen molar-refractivity contribution >= 4 is 0 Å². The van der Waals surface area contributed by atoms with Gasteiger partial charge in [0.05, 0.1) is 12.7 Å². The fourth-order valence-electron chi connectivity index (χ4n) is 4.58. The molecule has 0 amide bonds. The maximum absolute atomic E-state index is 6.32. The van der Waals surface area contributed by atoms with Gasteiger partial charge in [0.2, 0.25) is 0 Å². The molecule has 4 atom stereocenters. The van der Waals surface area contributed by atoms with Crippen LogP contribution in [0.25, 0.3) is 0 Å². The van der Waals surface area contributed by atoms with E-state index >= 15 is 0 Å². The van der Waals surface area contributed by atoms with Gasteiger partial charge >= 0.3 is 0 Å². The average Bonchev–Trinajstić information content (AvgIpc) is 3.19. The molecule has 3 rings (SSSR count). The summed E-state index contributed by atoms with van der Waals surface area (Å²) in [5.74, 6) is -0.605. The summed E-state index contributed by atoms with van der Waals surface area (Å²) in [5, 5.41) is 0. The van der Waals surface area contributed by atoms with Crippen LogP contribution in [0.5, 0.6) is 0 Å². The number of hydrogen-bond donors (Lipinski definition) is 0. The first kappa shape index (κ1) is 23.7. The molecule has 30 heavy (non-hydrogen) atoms. The molecule has 1 aromatic rings. The Kier molecular flexibility index (Phi) is 9.64. The van der Waals surface area contributed by atoms with Crippen LogP contribution in [-0.4, -0.2) is 30.4 Å². The summed E-state index contributed by atoms with van der Waals surface area (Å²) in [5.41, 5.74) is 1.18. The lowest BCUT2D eigenvalue weighted by Crippen LogP contribution is -2.36. The van der Waals surface area contributed by atoms with Gasteiger partial charge in [-0.3, -0.25) is 0 Å². The fraction of sp³-hybridized carbons (Fsp3) is 0.769. The number of ether oxygens (including phenoxy) is 4. The molecule has 170 valence electrons. The predicted molar refractivity (Wildman–Crippen MR) is 120 cm³/mol. The maximum Gasteiger partial charge on any atom is 0.190 e. The van der Waals surface area contributed by atoms with Crippen LogP contribution in [0.3, 0.4) is 0 Å². The molecule has 2 fully saturated rings. The molecular formula is C26H42O4. The highest BCUT2D eigenvalue weighted by molar-refractivity contribution is 5.13. The van der Waals surface area contributed by atoms with E-state index in [0.29, 0.717) is 6.61 Å². The summed E-state index contributed by atoms with van der Waals surface area (Å²) in [6.45, 7) is 6.74. The first-order chi connectivity index (χ1) is 14.6. The van der Waals surface area contributed by atoms with E-state index in [1.165, 1.54) is 69.8 Å². The Morgan fingerprint density at radius 3 is 2.13 bits per heavy atom. The third kappa shape index (κ3) is 7.33. The first-order valence-electron chi connectivity index (χ1n) is 12.3. The number of unbranched alkanes of at least 4 members (excludes halogenated alkanes) is 9. The van der Waals surface area contributed by atoms with E-state index < -0.39 is 5.79 Å². The highest BCUT2D eigenvalue weighted by atomic mass is 16.8. The van der Waals surface area contributed by atoms with E-state index in [-0.39, 0.29) is 24.6 Å². The zero-order chi connectivity index (χ0) is 21.2. The minimum absolute atomic E-state index is 0.0499. The van der Waals surface area contributed by atoms with Crippen LogP contribution in [-0.2, 0) is 25.6 Å². The van der Waals surface area contributed by atoms with Gasteiger partial charge in [-0.25, -0.2) is 0 Å². The van der Waals surface area contributed by atoms with Crippen LogP contribution in [0.1, 0.15) is 97.0 Å². The van der Waals surface area contributed by atoms with Crippen LogP contribution < -0.4 is 0 Å². The molecule has 0 aromatic heterocycles. The van der Waals surface area contributed by atoms with Crippen molar-refractivity contribution in [3.63, 3.8) is 0 Å². The predicted octanol–water partition coefficient (Wildman–Crippen LogP) is 6.76. The summed E-state index contributed by atoms with van der Waals surface area (Å²) in [7, 11) is 0. The largest absolute Gasteiger partial charge is 0.368 e. The zero-order valence-corrected chi connectivity index (χ0v) is 19.3. The number of hydrogen-bond acceptors (Lipinski definition) is 4. The number of benzene rings is 1. The zero-order valence-electron chi connectivity index (χ0n) is 19.3. The Morgan fingerprint density at radius 1 is 0.833 bits per heavy atom. The Bertz CT molecular complexity index is 588. The summed E-state index contributed by atoms with van der Waals surface area (Å²) >= 11 is 0. The van der Waals surface area contributed by atoms with Crippen LogP contribution in [0, 0.1) is 0 Å². The molecule has 2 heterocycles. The summed E-state index contributed by atoms with van der Waals surface area (Å²) in [6, 6.07) is 10.3. The van der Waals surface area contributed by atoms with E-state index in [0.717, 1.165) is 6.42 Å². The second kappa shape index (κ2) is 12.2. The Hall–Kier alpha value is -0.940. The molecule has 4 heteroatoms. The lowest BCUT2D eigenvalue weighted by atomic mass is 10.0. The van der Waals surface area contributed by atoms with Gasteiger partial charge in [-0.1, -0.05) is 101 Å². The van der Waals surface area contributed by atoms with Gasteiger partial charge in [-0.15, -0.1) is 0 Å². The normalized spacial score (nSPS) is 27.4. The summed E-state index contributed by atoms with van der Waals surface area (Å²) in [6.07, 6.45) is 14.0. The van der Waals surface area contributed by atoms with Gasteiger partial charge in [-0.05, 0) is 25.8 Å². The Morgan fingerprint density at radius 2 is 1.47 bits per heavy atom. The van der Waals surface area contributed by atoms with Crippen molar-refractivity contribution in [2.75, 3.05) is 0 Å². The molecular weight excluding hydrogens is 376 g/mol. The van der Waals surface area contributed by atoms with E-state index in [4.69, 9.17) is 18.9 Å². The summed E-state index contributed by atoms with van der Waals surface area (Å²) < 4.78 is 24.6. The molecule has 0 aliphatic carbocycles. The topological polar surface area (TPSA) is 36.9 Å². The minimum Gasteiger partial charge on any atom is -0.368 e. The van der Waals surface area contributed by atoms with Crippen molar-refractivity contribution in [3.05, 3.63) is 35.9 Å². The van der Waals surface area contributed by atoms with E-state index in [2.05, 4.69) is 19.1 Å². The molecule has 3 unspecified atom stereocenters. The standard InChI is InChI=1S/C26H42O4/c1-4-5-6-7-8-9-10-11-12-16-19-22-23(27-20-21-17-14-13-15-18-21)24-25(28-22)30-26(2,3)29-24/h13-15,17-18,22-25H,4-12,16,19-20H2,1-3H3/t22?,23-,24?,25?/m1/s1. The number of rotatable bonds is 14. The Labute approximate surface area is 183 Å². The van der Waals surface area contributed by atoms with E-state index in [1.54, 1.807) is 0 Å². The monoisotopic (exact) mass is 418 g/mol. The third-order valence-corrected chi connectivity index (χ3v) is 6.21. The molecule has 0 radical (unpaired) electrons.